The molecule has 5 nitrogen and oxygen atoms in total. The number of nitrogens with zero attached hydrogens (tertiary/aromatic N) is 3. The van der Waals surface area contributed by atoms with E-state index in [0.29, 0.717) is 17.4 Å². The molecule has 0 spiro atoms. The molecule has 21 heavy (non-hydrogen) atoms. The summed E-state index contributed by atoms with van der Waals surface area (Å²) in [4.78, 5) is 8.56. The van der Waals surface area contributed by atoms with E-state index in [1.807, 2.05) is 49.4 Å². The first-order valence-corrected chi connectivity index (χ1v) is 6.71. The van der Waals surface area contributed by atoms with Crippen molar-refractivity contribution in [2.75, 3.05) is 0 Å². The van der Waals surface area contributed by atoms with Gasteiger partial charge in [-0.05, 0) is 24.1 Å². The normalized spacial score (nSPS) is 12.3. The average Bonchev–Trinajstić information content (AvgIpc) is 2.97. The van der Waals surface area contributed by atoms with E-state index in [9.17, 15) is 5.11 Å². The lowest BCUT2D eigenvalue weighted by molar-refractivity contribution is 0.165. The van der Waals surface area contributed by atoms with Gasteiger partial charge in [-0.15, -0.1) is 0 Å². The Morgan fingerprint density at radius 1 is 1.14 bits per heavy atom. The Hall–Kier alpha value is -2.53. The third kappa shape index (κ3) is 2.98. The number of hydrogen-bond donors (Lipinski definition) is 1. The number of aliphatic hydroxyl groups is 1. The molecule has 1 atom stereocenters. The molecule has 0 fully saturated rings. The summed E-state index contributed by atoms with van der Waals surface area (Å²) >= 11 is 0. The van der Waals surface area contributed by atoms with Gasteiger partial charge in [-0.3, -0.25) is 4.98 Å². The lowest BCUT2D eigenvalue weighted by Gasteiger charge is -2.07. The summed E-state index contributed by atoms with van der Waals surface area (Å²) in [6.45, 7) is 1.94. The van der Waals surface area contributed by atoms with E-state index in [1.165, 1.54) is 0 Å². The van der Waals surface area contributed by atoms with Crippen LogP contribution >= 0.6 is 0 Å². The zero-order chi connectivity index (χ0) is 14.7. The van der Waals surface area contributed by atoms with Crippen molar-refractivity contribution in [3.8, 4) is 11.5 Å². The SMILES string of the molecule is Cc1cccnc1-c1noc(CC(O)c2ccccc2)n1. The lowest BCUT2D eigenvalue weighted by atomic mass is 10.1. The fraction of sp³-hybridized carbons (Fsp3) is 0.188. The van der Waals surface area contributed by atoms with E-state index >= 15 is 0 Å². The van der Waals surface area contributed by atoms with Crippen molar-refractivity contribution < 1.29 is 9.63 Å². The van der Waals surface area contributed by atoms with Gasteiger partial charge >= 0.3 is 0 Å². The van der Waals surface area contributed by atoms with Crippen LogP contribution in [0.4, 0.5) is 0 Å². The molecule has 3 rings (SSSR count). The van der Waals surface area contributed by atoms with Gasteiger partial charge in [0.05, 0.1) is 12.5 Å². The van der Waals surface area contributed by atoms with Crippen LogP contribution in [-0.4, -0.2) is 20.2 Å². The van der Waals surface area contributed by atoms with E-state index in [1.54, 1.807) is 6.20 Å². The number of benzene rings is 1. The zero-order valence-electron chi connectivity index (χ0n) is 11.6. The zero-order valence-corrected chi connectivity index (χ0v) is 11.6. The molecule has 2 aromatic heterocycles. The second kappa shape index (κ2) is 5.85. The molecule has 1 aromatic carbocycles. The molecular formula is C16H15N3O2. The van der Waals surface area contributed by atoms with Crippen LogP contribution in [0.2, 0.25) is 0 Å². The van der Waals surface area contributed by atoms with Crippen molar-refractivity contribution in [3.63, 3.8) is 0 Å². The molecule has 1 unspecified atom stereocenters. The smallest absolute Gasteiger partial charge is 0.229 e. The second-order valence-corrected chi connectivity index (χ2v) is 4.81. The van der Waals surface area contributed by atoms with Crippen LogP contribution in [0.1, 0.15) is 23.1 Å². The second-order valence-electron chi connectivity index (χ2n) is 4.81. The lowest BCUT2D eigenvalue weighted by Crippen LogP contribution is -2.01. The van der Waals surface area contributed by atoms with Gasteiger partial charge in [0.2, 0.25) is 11.7 Å². The maximum Gasteiger partial charge on any atom is 0.229 e. The van der Waals surface area contributed by atoms with Crippen LogP contribution in [0.5, 0.6) is 0 Å². The highest BCUT2D eigenvalue weighted by Crippen LogP contribution is 2.20. The summed E-state index contributed by atoms with van der Waals surface area (Å²) < 4.78 is 5.21. The summed E-state index contributed by atoms with van der Waals surface area (Å²) in [5.74, 6) is 0.842. The standard InChI is InChI=1S/C16H15N3O2/c1-11-6-5-9-17-15(11)16-18-14(21-19-16)10-13(20)12-7-3-2-4-8-12/h2-9,13,20H,10H2,1H3. The number of rotatable bonds is 4. The molecule has 0 saturated carbocycles. The van der Waals surface area contributed by atoms with Crippen molar-refractivity contribution in [1.29, 1.82) is 0 Å². The fourth-order valence-corrected chi connectivity index (χ4v) is 2.11. The highest BCUT2D eigenvalue weighted by atomic mass is 16.5. The Labute approximate surface area is 122 Å². The van der Waals surface area contributed by atoms with Gasteiger partial charge in [-0.2, -0.15) is 4.98 Å². The number of pyridine rings is 1. The predicted octanol–water partition coefficient (Wildman–Crippen LogP) is 2.72. The van der Waals surface area contributed by atoms with E-state index in [0.717, 1.165) is 11.1 Å². The van der Waals surface area contributed by atoms with Gasteiger partial charge < -0.3 is 9.63 Å². The maximum absolute atomic E-state index is 10.2. The third-order valence-electron chi connectivity index (χ3n) is 3.24. The van der Waals surface area contributed by atoms with Crippen LogP contribution in [0.3, 0.4) is 0 Å². The number of aryl methyl sites for hydroxylation is 1. The molecular weight excluding hydrogens is 266 g/mol. The summed E-state index contributed by atoms with van der Waals surface area (Å²) in [5.41, 5.74) is 2.50. The quantitative estimate of drug-likeness (QED) is 0.796. The Kier molecular flexibility index (Phi) is 3.75. The Morgan fingerprint density at radius 2 is 1.95 bits per heavy atom. The molecule has 0 saturated heterocycles. The van der Waals surface area contributed by atoms with Crippen molar-refractivity contribution in [1.82, 2.24) is 15.1 Å². The van der Waals surface area contributed by atoms with E-state index < -0.39 is 6.10 Å². The topological polar surface area (TPSA) is 72.0 Å². The summed E-state index contributed by atoms with van der Waals surface area (Å²) in [6, 6.07) is 13.2. The van der Waals surface area contributed by atoms with Crippen LogP contribution in [0.15, 0.2) is 53.2 Å². The monoisotopic (exact) mass is 281 g/mol. The largest absolute Gasteiger partial charge is 0.388 e. The molecule has 106 valence electrons. The van der Waals surface area contributed by atoms with Crippen LogP contribution in [-0.2, 0) is 6.42 Å². The first-order chi connectivity index (χ1) is 10.2. The van der Waals surface area contributed by atoms with Crippen molar-refractivity contribution in [3.05, 3.63) is 65.7 Å². The minimum Gasteiger partial charge on any atom is -0.388 e. The van der Waals surface area contributed by atoms with E-state index in [2.05, 4.69) is 15.1 Å². The van der Waals surface area contributed by atoms with Crippen LogP contribution in [0, 0.1) is 6.92 Å². The van der Waals surface area contributed by atoms with Gasteiger partial charge in [0.25, 0.3) is 0 Å². The molecule has 1 N–H and O–H groups in total. The Balaban J connectivity index is 1.78. The van der Waals surface area contributed by atoms with Crippen molar-refractivity contribution >= 4 is 0 Å². The predicted molar refractivity (Wildman–Crippen MR) is 77.4 cm³/mol. The Bertz CT molecular complexity index is 725. The summed E-state index contributed by atoms with van der Waals surface area (Å²) in [7, 11) is 0. The Morgan fingerprint density at radius 3 is 2.71 bits per heavy atom. The molecule has 5 heteroatoms. The number of aromatic nitrogens is 3. The molecule has 0 amide bonds. The minimum absolute atomic E-state index is 0.281. The van der Waals surface area contributed by atoms with Crippen molar-refractivity contribution in [2.45, 2.75) is 19.4 Å². The van der Waals surface area contributed by atoms with Gasteiger partial charge in [0.15, 0.2) is 0 Å². The number of hydrogen-bond acceptors (Lipinski definition) is 5. The van der Waals surface area contributed by atoms with Crippen LogP contribution in [0.25, 0.3) is 11.5 Å². The summed E-state index contributed by atoms with van der Waals surface area (Å²) in [5, 5.41) is 14.1. The van der Waals surface area contributed by atoms with Crippen LogP contribution < -0.4 is 0 Å². The molecule has 0 aliphatic heterocycles. The highest BCUT2D eigenvalue weighted by molar-refractivity contribution is 5.53. The van der Waals surface area contributed by atoms with Gasteiger partial charge in [0, 0.05) is 6.20 Å². The highest BCUT2D eigenvalue weighted by Gasteiger charge is 2.16. The molecule has 3 aromatic rings. The molecule has 0 radical (unpaired) electrons. The third-order valence-corrected chi connectivity index (χ3v) is 3.24. The fourth-order valence-electron chi connectivity index (χ4n) is 2.11. The van der Waals surface area contributed by atoms with Gasteiger partial charge in [0.1, 0.15) is 5.69 Å². The molecule has 0 bridgehead atoms. The average molecular weight is 281 g/mol. The maximum atomic E-state index is 10.2. The van der Waals surface area contributed by atoms with Gasteiger partial charge in [-0.25, -0.2) is 0 Å². The molecule has 0 aliphatic carbocycles. The number of aliphatic hydroxyl groups excluding tert-OH is 1. The molecule has 0 aliphatic rings. The van der Waals surface area contributed by atoms with Gasteiger partial charge in [-0.1, -0.05) is 41.6 Å². The first-order valence-electron chi connectivity index (χ1n) is 6.71. The van der Waals surface area contributed by atoms with Crippen molar-refractivity contribution in [2.24, 2.45) is 0 Å². The minimum atomic E-state index is -0.663. The van der Waals surface area contributed by atoms with E-state index in [4.69, 9.17) is 4.52 Å². The summed E-state index contributed by atoms with van der Waals surface area (Å²) in [6.07, 6.45) is 1.31. The van der Waals surface area contributed by atoms with E-state index in [-0.39, 0.29) is 6.42 Å². The molecule has 2 heterocycles. The first kappa shape index (κ1) is 13.5.